The average Bonchev–Trinajstić information content (AvgIpc) is 2.87. The van der Waals surface area contributed by atoms with Crippen LogP contribution in [0.4, 0.5) is 24.7 Å². The first kappa shape index (κ1) is 26.8. The molecule has 2 atom stereocenters. The molecule has 0 radical (unpaired) electrons. The van der Waals surface area contributed by atoms with Crippen LogP contribution in [0.3, 0.4) is 0 Å². The fourth-order valence-corrected chi connectivity index (χ4v) is 5.05. The van der Waals surface area contributed by atoms with E-state index < -0.39 is 11.7 Å². The van der Waals surface area contributed by atoms with Crippen LogP contribution in [0.2, 0.25) is 0 Å². The van der Waals surface area contributed by atoms with Gasteiger partial charge in [0.1, 0.15) is 11.6 Å². The predicted molar refractivity (Wildman–Crippen MR) is 145 cm³/mol. The predicted octanol–water partition coefficient (Wildman–Crippen LogP) is 6.87. The Kier molecular flexibility index (Phi) is 7.38. The Morgan fingerprint density at radius 3 is 2.36 bits per heavy atom. The van der Waals surface area contributed by atoms with Crippen molar-refractivity contribution in [3.8, 4) is 11.1 Å². The average molecular weight is 535 g/mol. The molecule has 1 aliphatic rings. The number of Topliss-reactive ketones (excluding diaryl/α,β-unsaturated/α-hetero) is 1. The summed E-state index contributed by atoms with van der Waals surface area (Å²) in [7, 11) is 0. The summed E-state index contributed by atoms with van der Waals surface area (Å²) in [6.07, 6.45) is -4.26. The maximum atomic E-state index is 13.1. The largest absolute Gasteiger partial charge is 0.416 e. The molecule has 1 saturated heterocycles. The van der Waals surface area contributed by atoms with Gasteiger partial charge in [0.05, 0.1) is 29.8 Å². The third kappa shape index (κ3) is 6.10. The van der Waals surface area contributed by atoms with E-state index in [1.54, 1.807) is 6.07 Å². The zero-order valence-corrected chi connectivity index (χ0v) is 21.9. The summed E-state index contributed by atoms with van der Waals surface area (Å²) in [5, 5.41) is 3.91. The number of benzene rings is 3. The molecule has 0 amide bonds. The van der Waals surface area contributed by atoms with Gasteiger partial charge in [0.2, 0.25) is 0 Å². The molecule has 1 N–H and O–H groups in total. The molecular formula is C30H29F3N4O2. The number of fused-ring (bicyclic) bond motifs is 1. The molecule has 1 aliphatic heterocycles. The quantitative estimate of drug-likeness (QED) is 0.272. The van der Waals surface area contributed by atoms with E-state index in [4.69, 9.17) is 14.7 Å². The van der Waals surface area contributed by atoms with E-state index >= 15 is 0 Å². The smallest absolute Gasteiger partial charge is 0.373 e. The molecule has 0 unspecified atom stereocenters. The van der Waals surface area contributed by atoms with Crippen LogP contribution in [0.25, 0.3) is 22.0 Å². The zero-order chi connectivity index (χ0) is 27.7. The molecule has 0 saturated carbocycles. The molecule has 0 spiro atoms. The number of anilines is 2. The van der Waals surface area contributed by atoms with Crippen molar-refractivity contribution in [1.29, 1.82) is 0 Å². The molecule has 6 nitrogen and oxygen atoms in total. The van der Waals surface area contributed by atoms with E-state index in [9.17, 15) is 18.0 Å². The number of ether oxygens (including phenoxy) is 1. The first-order chi connectivity index (χ1) is 18.6. The molecule has 202 valence electrons. The number of rotatable bonds is 6. The van der Waals surface area contributed by atoms with Crippen LogP contribution in [-0.2, 0) is 17.5 Å². The topological polar surface area (TPSA) is 67.4 Å². The number of carbonyl (C=O) groups excluding carboxylic acids is 1. The monoisotopic (exact) mass is 534 g/mol. The molecule has 2 heterocycles. The zero-order valence-electron chi connectivity index (χ0n) is 21.9. The third-order valence-corrected chi connectivity index (χ3v) is 6.70. The van der Waals surface area contributed by atoms with Gasteiger partial charge in [-0.15, -0.1) is 0 Å². The van der Waals surface area contributed by atoms with Gasteiger partial charge in [0, 0.05) is 29.7 Å². The Bertz CT molecular complexity index is 1490. The molecular weight excluding hydrogens is 505 g/mol. The van der Waals surface area contributed by atoms with Gasteiger partial charge in [-0.25, -0.2) is 9.97 Å². The van der Waals surface area contributed by atoms with Crippen LogP contribution < -0.4 is 5.32 Å². The van der Waals surface area contributed by atoms with Crippen molar-refractivity contribution in [2.24, 2.45) is 0 Å². The summed E-state index contributed by atoms with van der Waals surface area (Å²) < 4.78 is 45.1. The van der Waals surface area contributed by atoms with Crippen LogP contribution in [0.1, 0.15) is 42.5 Å². The molecule has 4 aromatic rings. The number of nitrogens with zero attached hydrogens (tertiary/aromatic N) is 3. The van der Waals surface area contributed by atoms with Crippen molar-refractivity contribution in [2.75, 3.05) is 18.4 Å². The first-order valence-electron chi connectivity index (χ1n) is 12.8. The number of nitrogens with one attached hydrogen (secondary N) is 1. The second-order valence-electron chi connectivity index (χ2n) is 9.97. The van der Waals surface area contributed by atoms with Crippen molar-refractivity contribution in [1.82, 2.24) is 14.9 Å². The fourth-order valence-electron chi connectivity index (χ4n) is 5.05. The second-order valence-corrected chi connectivity index (χ2v) is 9.97. The van der Waals surface area contributed by atoms with Gasteiger partial charge in [0.25, 0.3) is 0 Å². The first-order valence-corrected chi connectivity index (χ1v) is 12.8. The van der Waals surface area contributed by atoms with E-state index in [-0.39, 0.29) is 18.0 Å². The molecule has 39 heavy (non-hydrogen) atoms. The lowest BCUT2D eigenvalue weighted by molar-refractivity contribution is -0.137. The van der Waals surface area contributed by atoms with E-state index in [2.05, 4.69) is 10.2 Å². The number of ketones is 1. The molecule has 0 aliphatic carbocycles. The number of morpholine rings is 1. The standard InChI is InChI=1S/C30H29F3N4O2/c1-18-15-37(16-19(2)39-18)17-28-35-27-14-21(25-7-5-4-6-24(25)20(3)38)8-13-26(27)29(36-28)34-23-11-9-22(10-12-23)30(31,32)33/h4-14,18-19H,15-17H2,1-3H3,(H,34,35,36)/t18-,19+. The van der Waals surface area contributed by atoms with E-state index in [1.807, 2.05) is 50.2 Å². The summed E-state index contributed by atoms with van der Waals surface area (Å²) >= 11 is 0. The number of carbonyl (C=O) groups is 1. The summed E-state index contributed by atoms with van der Waals surface area (Å²) in [6, 6.07) is 18.0. The van der Waals surface area contributed by atoms with Gasteiger partial charge in [-0.1, -0.05) is 30.3 Å². The van der Waals surface area contributed by atoms with Crippen molar-refractivity contribution < 1.29 is 22.7 Å². The van der Waals surface area contributed by atoms with Gasteiger partial charge in [-0.3, -0.25) is 9.69 Å². The van der Waals surface area contributed by atoms with Gasteiger partial charge in [0.15, 0.2) is 5.78 Å². The van der Waals surface area contributed by atoms with Crippen LogP contribution in [-0.4, -0.2) is 45.9 Å². The van der Waals surface area contributed by atoms with Crippen molar-refractivity contribution in [2.45, 2.75) is 45.7 Å². The van der Waals surface area contributed by atoms with E-state index in [0.717, 1.165) is 36.3 Å². The highest BCUT2D eigenvalue weighted by Gasteiger charge is 2.30. The highest BCUT2D eigenvalue weighted by Crippen LogP contribution is 2.33. The molecule has 0 bridgehead atoms. The van der Waals surface area contributed by atoms with Crippen LogP contribution >= 0.6 is 0 Å². The Hall–Kier alpha value is -3.82. The molecule has 3 aromatic carbocycles. The molecule has 5 rings (SSSR count). The minimum absolute atomic E-state index is 0.0331. The third-order valence-electron chi connectivity index (χ3n) is 6.70. The molecule has 1 aromatic heterocycles. The Labute approximate surface area is 224 Å². The number of hydrogen-bond donors (Lipinski definition) is 1. The number of aromatic nitrogens is 2. The lowest BCUT2D eigenvalue weighted by Gasteiger charge is -2.34. The minimum atomic E-state index is -4.41. The Morgan fingerprint density at radius 1 is 1.00 bits per heavy atom. The summed E-state index contributed by atoms with van der Waals surface area (Å²) in [5.74, 6) is 1.04. The molecule has 1 fully saturated rings. The summed E-state index contributed by atoms with van der Waals surface area (Å²) in [4.78, 5) is 24.1. The van der Waals surface area contributed by atoms with Gasteiger partial charge < -0.3 is 10.1 Å². The SMILES string of the molecule is CC(=O)c1ccccc1-c1ccc2c(Nc3ccc(C(F)(F)F)cc3)nc(CN3C[C@@H](C)O[C@@H](C)C3)nc2c1. The van der Waals surface area contributed by atoms with E-state index in [0.29, 0.717) is 40.3 Å². The van der Waals surface area contributed by atoms with Crippen LogP contribution in [0.5, 0.6) is 0 Å². The van der Waals surface area contributed by atoms with Crippen LogP contribution in [0, 0.1) is 0 Å². The van der Waals surface area contributed by atoms with E-state index in [1.165, 1.54) is 19.1 Å². The number of hydrogen-bond acceptors (Lipinski definition) is 6. The normalized spacial score (nSPS) is 18.3. The fraction of sp³-hybridized carbons (Fsp3) is 0.300. The van der Waals surface area contributed by atoms with Gasteiger partial charge in [-0.05, 0) is 68.3 Å². The lowest BCUT2D eigenvalue weighted by Crippen LogP contribution is -2.45. The Balaban J connectivity index is 1.56. The van der Waals surface area contributed by atoms with Crippen LogP contribution in [0.15, 0.2) is 66.7 Å². The Morgan fingerprint density at radius 2 is 1.69 bits per heavy atom. The van der Waals surface area contributed by atoms with Gasteiger partial charge in [-0.2, -0.15) is 13.2 Å². The number of halogens is 3. The lowest BCUT2D eigenvalue weighted by atomic mass is 9.96. The van der Waals surface area contributed by atoms with Crippen molar-refractivity contribution >= 4 is 28.2 Å². The second kappa shape index (κ2) is 10.7. The highest BCUT2D eigenvalue weighted by molar-refractivity contribution is 6.02. The van der Waals surface area contributed by atoms with Gasteiger partial charge >= 0.3 is 6.18 Å². The highest BCUT2D eigenvalue weighted by atomic mass is 19.4. The molecule has 9 heteroatoms. The number of alkyl halides is 3. The maximum Gasteiger partial charge on any atom is 0.416 e. The summed E-state index contributed by atoms with van der Waals surface area (Å²) in [6.45, 7) is 7.56. The minimum Gasteiger partial charge on any atom is -0.373 e. The van der Waals surface area contributed by atoms with Crippen molar-refractivity contribution in [3.05, 3.63) is 83.7 Å². The van der Waals surface area contributed by atoms with Crippen molar-refractivity contribution in [3.63, 3.8) is 0 Å². The maximum absolute atomic E-state index is 13.1. The summed E-state index contributed by atoms with van der Waals surface area (Å²) in [5.41, 5.74) is 2.69.